The van der Waals surface area contributed by atoms with E-state index in [0.29, 0.717) is 3.57 Å². The third-order valence-corrected chi connectivity index (χ3v) is 3.37. The van der Waals surface area contributed by atoms with Crippen molar-refractivity contribution in [2.45, 2.75) is 0 Å². The molecule has 2 rings (SSSR count). The van der Waals surface area contributed by atoms with Gasteiger partial charge in [0.25, 0.3) is 11.6 Å². The van der Waals surface area contributed by atoms with Crippen LogP contribution in [0.5, 0.6) is 0 Å². The molecular weight excluding hydrogens is 389 g/mol. The number of nitrogens with zero attached hydrogens (tertiary/aromatic N) is 4. The van der Waals surface area contributed by atoms with Crippen molar-refractivity contribution in [2.75, 3.05) is 5.32 Å². The molecule has 0 saturated heterocycles. The monoisotopic (exact) mass is 397 g/mol. The Kier molecular flexibility index (Phi) is 4.18. The number of hydrogen-bond donors (Lipinski definition) is 1. The number of aryl methyl sites for hydroxylation is 1. The lowest BCUT2D eigenvalue weighted by atomic mass is 10.1. The van der Waals surface area contributed by atoms with Crippen LogP contribution >= 0.6 is 22.6 Å². The second kappa shape index (κ2) is 5.88. The maximum atomic E-state index is 12.1. The van der Waals surface area contributed by atoms with E-state index >= 15 is 0 Å². The van der Waals surface area contributed by atoms with E-state index in [4.69, 9.17) is 5.26 Å². The summed E-state index contributed by atoms with van der Waals surface area (Å²) in [5.41, 5.74) is 0.232. The SMILES string of the molecule is Cn1cc(I)c(C(=O)Nc2ccc([N+](=O)[O-])cc2C#N)n1. The van der Waals surface area contributed by atoms with Crippen LogP contribution in [0.4, 0.5) is 11.4 Å². The molecule has 0 spiro atoms. The lowest BCUT2D eigenvalue weighted by Crippen LogP contribution is -2.15. The molecule has 0 aliphatic carbocycles. The molecule has 0 radical (unpaired) electrons. The smallest absolute Gasteiger partial charge is 0.277 e. The average molecular weight is 397 g/mol. The molecule has 1 amide bonds. The van der Waals surface area contributed by atoms with Crippen LogP contribution in [0.25, 0.3) is 0 Å². The van der Waals surface area contributed by atoms with E-state index in [1.54, 1.807) is 13.2 Å². The van der Waals surface area contributed by atoms with Gasteiger partial charge in [-0.25, -0.2) is 0 Å². The minimum absolute atomic E-state index is 0.0171. The fraction of sp³-hybridized carbons (Fsp3) is 0.0833. The number of aromatic nitrogens is 2. The Labute approximate surface area is 132 Å². The number of nitro groups is 1. The summed E-state index contributed by atoms with van der Waals surface area (Å²) in [7, 11) is 1.69. The molecule has 1 aromatic carbocycles. The van der Waals surface area contributed by atoms with Crippen LogP contribution in [0, 0.1) is 25.0 Å². The predicted molar refractivity (Wildman–Crippen MR) is 81.7 cm³/mol. The number of rotatable bonds is 3. The van der Waals surface area contributed by atoms with Gasteiger partial charge < -0.3 is 5.32 Å². The van der Waals surface area contributed by atoms with Crippen LogP contribution < -0.4 is 5.32 Å². The Balaban J connectivity index is 2.32. The maximum absolute atomic E-state index is 12.1. The zero-order valence-corrected chi connectivity index (χ0v) is 12.9. The number of halogens is 1. The van der Waals surface area contributed by atoms with E-state index in [0.717, 1.165) is 6.07 Å². The van der Waals surface area contributed by atoms with Crippen molar-refractivity contribution in [3.05, 3.63) is 49.3 Å². The first-order valence-electron chi connectivity index (χ1n) is 5.61. The second-order valence-electron chi connectivity index (χ2n) is 4.05. The molecule has 21 heavy (non-hydrogen) atoms. The first kappa shape index (κ1) is 14.9. The summed E-state index contributed by atoms with van der Waals surface area (Å²) in [4.78, 5) is 22.2. The number of non-ortho nitro benzene ring substituents is 1. The third kappa shape index (κ3) is 3.16. The molecule has 0 bridgehead atoms. The highest BCUT2D eigenvalue weighted by Crippen LogP contribution is 2.22. The largest absolute Gasteiger partial charge is 0.319 e. The molecule has 0 saturated carbocycles. The highest BCUT2D eigenvalue weighted by atomic mass is 127. The minimum Gasteiger partial charge on any atom is -0.319 e. The van der Waals surface area contributed by atoms with Crippen LogP contribution in [0.1, 0.15) is 16.1 Å². The number of anilines is 1. The first-order chi connectivity index (χ1) is 9.92. The molecule has 1 N–H and O–H groups in total. The Morgan fingerprint density at radius 1 is 1.57 bits per heavy atom. The second-order valence-corrected chi connectivity index (χ2v) is 5.21. The van der Waals surface area contributed by atoms with Gasteiger partial charge >= 0.3 is 0 Å². The van der Waals surface area contributed by atoms with E-state index in [-0.39, 0.29) is 22.6 Å². The molecule has 0 fully saturated rings. The third-order valence-electron chi connectivity index (χ3n) is 2.58. The topological polar surface area (TPSA) is 114 Å². The van der Waals surface area contributed by atoms with E-state index < -0.39 is 10.8 Å². The van der Waals surface area contributed by atoms with Crippen molar-refractivity contribution in [2.24, 2.45) is 7.05 Å². The van der Waals surface area contributed by atoms with Gasteiger partial charge in [-0.15, -0.1) is 0 Å². The summed E-state index contributed by atoms with van der Waals surface area (Å²) in [5.74, 6) is -0.481. The minimum atomic E-state index is -0.603. The van der Waals surface area contributed by atoms with Crippen molar-refractivity contribution < 1.29 is 9.72 Å². The fourth-order valence-electron chi connectivity index (χ4n) is 1.64. The average Bonchev–Trinajstić information content (AvgIpc) is 2.78. The van der Waals surface area contributed by atoms with Gasteiger partial charge in [0.2, 0.25) is 0 Å². The highest BCUT2D eigenvalue weighted by molar-refractivity contribution is 14.1. The Morgan fingerprint density at radius 3 is 2.81 bits per heavy atom. The molecular formula is C12H8IN5O3. The number of nitro benzene ring substituents is 1. The van der Waals surface area contributed by atoms with Crippen LogP contribution in [-0.2, 0) is 7.05 Å². The van der Waals surface area contributed by atoms with Crippen LogP contribution in [0.2, 0.25) is 0 Å². The van der Waals surface area contributed by atoms with Crippen LogP contribution in [0.15, 0.2) is 24.4 Å². The molecule has 1 aromatic heterocycles. The van der Waals surface area contributed by atoms with E-state index in [1.807, 2.05) is 28.7 Å². The first-order valence-corrected chi connectivity index (χ1v) is 6.69. The number of carbonyl (C=O) groups excluding carboxylic acids is 1. The van der Waals surface area contributed by atoms with Crippen molar-refractivity contribution >= 4 is 39.9 Å². The molecule has 106 valence electrons. The molecule has 2 aromatic rings. The number of nitrogens with one attached hydrogen (secondary N) is 1. The van der Waals surface area contributed by atoms with Gasteiger partial charge in [-0.3, -0.25) is 19.6 Å². The zero-order chi connectivity index (χ0) is 15.6. The van der Waals surface area contributed by atoms with E-state index in [9.17, 15) is 14.9 Å². The van der Waals surface area contributed by atoms with Gasteiger partial charge in [-0.05, 0) is 28.7 Å². The Morgan fingerprint density at radius 2 is 2.29 bits per heavy atom. The number of amides is 1. The molecule has 8 nitrogen and oxygen atoms in total. The van der Waals surface area contributed by atoms with Crippen molar-refractivity contribution in [1.82, 2.24) is 9.78 Å². The summed E-state index contributed by atoms with van der Waals surface area (Å²) < 4.78 is 2.16. The Bertz CT molecular complexity index is 778. The highest BCUT2D eigenvalue weighted by Gasteiger charge is 2.17. The van der Waals surface area contributed by atoms with Crippen LogP contribution in [-0.4, -0.2) is 20.6 Å². The van der Waals surface area contributed by atoms with E-state index in [2.05, 4.69) is 10.4 Å². The van der Waals surface area contributed by atoms with Gasteiger partial charge in [0.05, 0.1) is 19.7 Å². The molecule has 1 heterocycles. The molecule has 0 atom stereocenters. The van der Waals surface area contributed by atoms with Crippen molar-refractivity contribution in [3.63, 3.8) is 0 Å². The number of carbonyl (C=O) groups is 1. The zero-order valence-electron chi connectivity index (χ0n) is 10.7. The molecule has 0 aliphatic rings. The number of nitriles is 1. The van der Waals surface area contributed by atoms with Gasteiger partial charge in [-0.2, -0.15) is 10.4 Å². The van der Waals surface area contributed by atoms with Gasteiger partial charge in [0.1, 0.15) is 6.07 Å². The number of hydrogen-bond acceptors (Lipinski definition) is 5. The normalized spacial score (nSPS) is 9.95. The lowest BCUT2D eigenvalue weighted by molar-refractivity contribution is -0.384. The van der Waals surface area contributed by atoms with Crippen molar-refractivity contribution in [3.8, 4) is 6.07 Å². The summed E-state index contributed by atoms with van der Waals surface area (Å²) >= 11 is 1.97. The van der Waals surface area contributed by atoms with Crippen LogP contribution in [0.3, 0.4) is 0 Å². The van der Waals surface area contributed by atoms with Crippen molar-refractivity contribution in [1.29, 1.82) is 5.26 Å². The molecule has 0 unspecified atom stereocenters. The molecule has 9 heteroatoms. The van der Waals surface area contributed by atoms with Gasteiger partial charge in [0.15, 0.2) is 5.69 Å². The summed E-state index contributed by atoms with van der Waals surface area (Å²) in [6.45, 7) is 0. The Hall–Kier alpha value is -2.48. The quantitative estimate of drug-likeness (QED) is 0.484. The summed E-state index contributed by atoms with van der Waals surface area (Å²) in [5, 5.41) is 26.2. The molecule has 0 aliphatic heterocycles. The fourth-order valence-corrected chi connectivity index (χ4v) is 2.40. The van der Waals surface area contributed by atoms with E-state index in [1.165, 1.54) is 16.8 Å². The van der Waals surface area contributed by atoms with Gasteiger partial charge in [0, 0.05) is 25.4 Å². The predicted octanol–water partition coefficient (Wildman–Crippen LogP) is 2.06. The lowest BCUT2D eigenvalue weighted by Gasteiger charge is -2.05. The maximum Gasteiger partial charge on any atom is 0.277 e. The summed E-state index contributed by atoms with van der Waals surface area (Å²) in [6, 6.07) is 5.48. The number of benzene rings is 1. The standard InChI is InChI=1S/C12H8IN5O3/c1-17-6-9(13)11(16-17)12(19)15-10-3-2-8(18(20)21)4-7(10)5-14/h2-4,6H,1H3,(H,15,19). The van der Waals surface area contributed by atoms with Gasteiger partial charge in [-0.1, -0.05) is 0 Å². The summed E-state index contributed by atoms with van der Waals surface area (Å²) in [6.07, 6.45) is 1.68.